The van der Waals surface area contributed by atoms with E-state index in [0.717, 1.165) is 12.8 Å². The van der Waals surface area contributed by atoms with Crippen molar-refractivity contribution >= 4 is 22.7 Å². The van der Waals surface area contributed by atoms with Crippen LogP contribution in [0.3, 0.4) is 0 Å². The fraction of sp³-hybridized carbons (Fsp3) is 0.200. The summed E-state index contributed by atoms with van der Waals surface area (Å²) in [5.41, 5.74) is 0.389. The molecule has 2 heterocycles. The van der Waals surface area contributed by atoms with Gasteiger partial charge in [0.2, 0.25) is 5.89 Å². The summed E-state index contributed by atoms with van der Waals surface area (Å²) < 4.78 is 21.0. The Hall–Kier alpha value is -3.00. The number of rotatable bonds is 6. The van der Waals surface area contributed by atoms with Gasteiger partial charge in [-0.3, -0.25) is 9.36 Å². The third kappa shape index (κ3) is 3.55. The van der Waals surface area contributed by atoms with Crippen molar-refractivity contribution in [2.45, 2.75) is 30.7 Å². The lowest BCUT2D eigenvalue weighted by Crippen LogP contribution is -2.22. The Kier molecular flexibility index (Phi) is 5.21. The first-order chi connectivity index (χ1) is 13.7. The summed E-state index contributed by atoms with van der Waals surface area (Å²) in [6.45, 7) is 2.04. The maximum absolute atomic E-state index is 14.4. The minimum Gasteiger partial charge on any atom is -0.338 e. The highest BCUT2D eigenvalue weighted by Crippen LogP contribution is 2.25. The molecular weight excluding hydrogens is 379 g/mol. The van der Waals surface area contributed by atoms with Gasteiger partial charge in [-0.05, 0) is 30.7 Å². The summed E-state index contributed by atoms with van der Waals surface area (Å²) in [5.74, 6) is 0.925. The summed E-state index contributed by atoms with van der Waals surface area (Å²) in [6.07, 6.45) is 1.66. The van der Waals surface area contributed by atoms with Crippen LogP contribution in [0.5, 0.6) is 0 Å². The van der Waals surface area contributed by atoms with Crippen LogP contribution in [0.25, 0.3) is 16.6 Å². The highest BCUT2D eigenvalue weighted by atomic mass is 32.2. The average Bonchev–Trinajstić information content (AvgIpc) is 3.15. The van der Waals surface area contributed by atoms with E-state index in [4.69, 9.17) is 4.52 Å². The minimum absolute atomic E-state index is 0.158. The van der Waals surface area contributed by atoms with Crippen LogP contribution in [0.15, 0.2) is 63.0 Å². The number of halogens is 1. The topological polar surface area (TPSA) is 73.8 Å². The van der Waals surface area contributed by atoms with Gasteiger partial charge < -0.3 is 4.52 Å². The molecular formula is C20H17FN4O2S. The smallest absolute Gasteiger partial charge is 0.266 e. The van der Waals surface area contributed by atoms with E-state index in [1.165, 1.54) is 22.4 Å². The van der Waals surface area contributed by atoms with Gasteiger partial charge in [0.15, 0.2) is 11.0 Å². The molecule has 6 nitrogen and oxygen atoms in total. The van der Waals surface area contributed by atoms with Gasteiger partial charge in [0.1, 0.15) is 5.82 Å². The second-order valence-electron chi connectivity index (χ2n) is 6.15. The van der Waals surface area contributed by atoms with E-state index >= 15 is 0 Å². The third-order valence-electron chi connectivity index (χ3n) is 4.15. The molecule has 0 aliphatic rings. The lowest BCUT2D eigenvalue weighted by atomic mass is 10.2. The standard InChI is InChI=1S/C20H17FN4O2S/c1-2-7-17-23-18(27-24-17)12-28-20-22-15-10-5-3-8-13(15)19(26)25(20)16-11-6-4-9-14(16)21/h3-6,8-11H,2,7,12H2,1H3. The zero-order chi connectivity index (χ0) is 19.5. The van der Waals surface area contributed by atoms with E-state index in [0.29, 0.717) is 33.5 Å². The first-order valence-electron chi connectivity index (χ1n) is 8.88. The van der Waals surface area contributed by atoms with Crippen molar-refractivity contribution < 1.29 is 8.91 Å². The third-order valence-corrected chi connectivity index (χ3v) is 5.07. The van der Waals surface area contributed by atoms with Gasteiger partial charge in [-0.2, -0.15) is 4.98 Å². The summed E-state index contributed by atoms with van der Waals surface area (Å²) in [5, 5.41) is 4.73. The van der Waals surface area contributed by atoms with Crippen molar-refractivity contribution in [1.29, 1.82) is 0 Å². The van der Waals surface area contributed by atoms with Crippen LogP contribution in [0.2, 0.25) is 0 Å². The summed E-state index contributed by atoms with van der Waals surface area (Å²) in [6, 6.07) is 13.2. The predicted octanol–water partition coefficient (Wildman–Crippen LogP) is 4.15. The molecule has 0 spiro atoms. The van der Waals surface area contributed by atoms with E-state index in [1.807, 2.05) is 13.0 Å². The number of thioether (sulfide) groups is 1. The van der Waals surface area contributed by atoms with Crippen LogP contribution in [0, 0.1) is 5.82 Å². The van der Waals surface area contributed by atoms with Crippen molar-refractivity contribution in [3.8, 4) is 5.69 Å². The monoisotopic (exact) mass is 396 g/mol. The molecule has 28 heavy (non-hydrogen) atoms. The molecule has 0 fully saturated rings. The van der Waals surface area contributed by atoms with Crippen LogP contribution < -0.4 is 5.56 Å². The molecule has 0 unspecified atom stereocenters. The maximum Gasteiger partial charge on any atom is 0.266 e. The number of para-hydroxylation sites is 2. The average molecular weight is 396 g/mol. The van der Waals surface area contributed by atoms with Crippen molar-refractivity contribution in [3.63, 3.8) is 0 Å². The van der Waals surface area contributed by atoms with Gasteiger partial charge in [-0.25, -0.2) is 9.37 Å². The number of aryl methyl sites for hydroxylation is 1. The Balaban J connectivity index is 1.78. The number of fused-ring (bicyclic) bond motifs is 1. The van der Waals surface area contributed by atoms with E-state index in [-0.39, 0.29) is 11.2 Å². The minimum atomic E-state index is -0.494. The van der Waals surface area contributed by atoms with Crippen LogP contribution >= 0.6 is 11.8 Å². The second kappa shape index (κ2) is 7.93. The van der Waals surface area contributed by atoms with Gasteiger partial charge in [0.05, 0.1) is 22.3 Å². The Morgan fingerprint density at radius 1 is 1.11 bits per heavy atom. The molecule has 0 saturated carbocycles. The molecule has 2 aromatic carbocycles. The second-order valence-corrected chi connectivity index (χ2v) is 7.09. The Morgan fingerprint density at radius 3 is 2.71 bits per heavy atom. The molecule has 0 N–H and O–H groups in total. The largest absolute Gasteiger partial charge is 0.338 e. The summed E-state index contributed by atoms with van der Waals surface area (Å²) in [7, 11) is 0. The number of aromatic nitrogens is 4. The lowest BCUT2D eigenvalue weighted by molar-refractivity contribution is 0.384. The van der Waals surface area contributed by atoms with Gasteiger partial charge >= 0.3 is 0 Å². The maximum atomic E-state index is 14.4. The first-order valence-corrected chi connectivity index (χ1v) is 9.87. The SMILES string of the molecule is CCCc1noc(CSc2nc3ccccc3c(=O)n2-c2ccccc2F)n1. The zero-order valence-electron chi connectivity index (χ0n) is 15.1. The van der Waals surface area contributed by atoms with Gasteiger partial charge in [0, 0.05) is 6.42 Å². The van der Waals surface area contributed by atoms with E-state index in [2.05, 4.69) is 15.1 Å². The van der Waals surface area contributed by atoms with Crippen molar-refractivity contribution in [2.75, 3.05) is 0 Å². The molecule has 4 rings (SSSR count). The molecule has 0 aliphatic carbocycles. The summed E-state index contributed by atoms with van der Waals surface area (Å²) in [4.78, 5) is 22.0. The molecule has 2 aromatic heterocycles. The molecule has 0 bridgehead atoms. The van der Waals surface area contributed by atoms with Crippen molar-refractivity contribution in [3.05, 3.63) is 76.4 Å². The highest BCUT2D eigenvalue weighted by molar-refractivity contribution is 7.98. The number of hydrogen-bond donors (Lipinski definition) is 0. The van der Waals surface area contributed by atoms with Gasteiger partial charge in [-0.15, -0.1) is 0 Å². The molecule has 0 aliphatic heterocycles. The predicted molar refractivity (Wildman–Crippen MR) is 105 cm³/mol. The number of nitrogens with zero attached hydrogens (tertiary/aromatic N) is 4. The molecule has 142 valence electrons. The van der Waals surface area contributed by atoms with Crippen LogP contribution in [-0.2, 0) is 12.2 Å². The Morgan fingerprint density at radius 2 is 1.89 bits per heavy atom. The first kappa shape index (κ1) is 18.4. The van der Waals surface area contributed by atoms with Gasteiger partial charge in [0.25, 0.3) is 5.56 Å². The lowest BCUT2D eigenvalue weighted by Gasteiger charge is -2.13. The molecule has 0 atom stereocenters. The fourth-order valence-electron chi connectivity index (χ4n) is 2.85. The summed E-state index contributed by atoms with van der Waals surface area (Å²) >= 11 is 1.25. The molecule has 8 heteroatoms. The van der Waals surface area contributed by atoms with Gasteiger partial charge in [-0.1, -0.05) is 48.1 Å². The normalized spacial score (nSPS) is 11.2. The number of hydrogen-bond acceptors (Lipinski definition) is 6. The van der Waals surface area contributed by atoms with Crippen molar-refractivity contribution in [1.82, 2.24) is 19.7 Å². The van der Waals surface area contributed by atoms with E-state index in [9.17, 15) is 9.18 Å². The Labute approximate surface area is 164 Å². The Bertz CT molecular complexity index is 1190. The van der Waals surface area contributed by atoms with E-state index in [1.54, 1.807) is 36.4 Å². The molecule has 0 saturated heterocycles. The van der Waals surface area contributed by atoms with Crippen LogP contribution in [-0.4, -0.2) is 19.7 Å². The zero-order valence-corrected chi connectivity index (χ0v) is 15.9. The highest BCUT2D eigenvalue weighted by Gasteiger charge is 2.17. The quantitative estimate of drug-likeness (QED) is 0.360. The number of benzene rings is 2. The molecule has 0 radical (unpaired) electrons. The van der Waals surface area contributed by atoms with Crippen molar-refractivity contribution in [2.24, 2.45) is 0 Å². The molecule has 0 amide bonds. The van der Waals surface area contributed by atoms with Crippen LogP contribution in [0.4, 0.5) is 4.39 Å². The molecule has 4 aromatic rings. The van der Waals surface area contributed by atoms with E-state index < -0.39 is 5.82 Å². The van der Waals surface area contributed by atoms with Crippen LogP contribution in [0.1, 0.15) is 25.1 Å². The fourth-order valence-corrected chi connectivity index (χ4v) is 3.70.